The summed E-state index contributed by atoms with van der Waals surface area (Å²) in [6.07, 6.45) is 2.54. The maximum Gasteiger partial charge on any atom is 0.251 e. The number of hydrogen-bond acceptors (Lipinski definition) is 3. The summed E-state index contributed by atoms with van der Waals surface area (Å²) < 4.78 is 0. The van der Waals surface area contributed by atoms with Gasteiger partial charge in [0.1, 0.15) is 0 Å². The molecule has 0 aliphatic carbocycles. The first-order valence-electron chi connectivity index (χ1n) is 7.79. The molecule has 21 heavy (non-hydrogen) atoms. The predicted molar refractivity (Wildman–Crippen MR) is 87.9 cm³/mol. The molecule has 4 nitrogen and oxygen atoms in total. The number of likely N-dealkylation sites (tertiary alicyclic amines) is 1. The third kappa shape index (κ3) is 3.97. The van der Waals surface area contributed by atoms with Crippen molar-refractivity contribution >= 4 is 11.6 Å². The lowest BCUT2D eigenvalue weighted by Crippen LogP contribution is -2.40. The van der Waals surface area contributed by atoms with Crippen molar-refractivity contribution in [1.29, 1.82) is 0 Å². The maximum absolute atomic E-state index is 11.8. The zero-order valence-electron chi connectivity index (χ0n) is 13.6. The molecule has 4 heteroatoms. The molecule has 0 spiro atoms. The number of rotatable bonds is 4. The van der Waals surface area contributed by atoms with Gasteiger partial charge in [0.05, 0.1) is 0 Å². The molecule has 1 fully saturated rings. The van der Waals surface area contributed by atoms with Crippen LogP contribution in [0.25, 0.3) is 0 Å². The molecule has 1 aliphatic heterocycles. The molecule has 2 N–H and O–H groups in total. The molecular weight excluding hydrogens is 262 g/mol. The first-order chi connectivity index (χ1) is 10.0. The third-order valence-electron chi connectivity index (χ3n) is 4.48. The molecule has 2 atom stereocenters. The van der Waals surface area contributed by atoms with E-state index in [1.54, 1.807) is 7.05 Å². The molecule has 0 radical (unpaired) electrons. The number of hydrogen-bond donors (Lipinski definition) is 2. The highest BCUT2D eigenvalue weighted by atomic mass is 16.1. The highest BCUT2D eigenvalue weighted by Gasteiger charge is 2.23. The zero-order valence-corrected chi connectivity index (χ0v) is 13.6. The number of piperidine rings is 1. The van der Waals surface area contributed by atoms with E-state index in [9.17, 15) is 4.79 Å². The van der Waals surface area contributed by atoms with Crippen LogP contribution in [-0.4, -0.2) is 44.0 Å². The van der Waals surface area contributed by atoms with Crippen LogP contribution >= 0.6 is 0 Å². The van der Waals surface area contributed by atoms with Crippen molar-refractivity contribution in [3.05, 3.63) is 29.3 Å². The van der Waals surface area contributed by atoms with Gasteiger partial charge in [-0.25, -0.2) is 0 Å². The first-order valence-corrected chi connectivity index (χ1v) is 7.79. The van der Waals surface area contributed by atoms with Crippen LogP contribution in [0.2, 0.25) is 0 Å². The number of aryl methyl sites for hydroxylation is 1. The molecule has 1 amide bonds. The number of benzene rings is 1. The Kier molecular flexibility index (Phi) is 5.23. The van der Waals surface area contributed by atoms with Crippen molar-refractivity contribution in [3.8, 4) is 0 Å². The monoisotopic (exact) mass is 289 g/mol. The van der Waals surface area contributed by atoms with Crippen LogP contribution in [0.1, 0.15) is 35.7 Å². The average Bonchev–Trinajstić information content (AvgIpc) is 2.48. The smallest absolute Gasteiger partial charge is 0.251 e. The normalized spacial score (nSPS) is 20.9. The predicted octanol–water partition coefficient (Wildman–Crippen LogP) is 2.50. The van der Waals surface area contributed by atoms with Crippen molar-refractivity contribution in [2.75, 3.05) is 32.5 Å². The summed E-state index contributed by atoms with van der Waals surface area (Å²) in [4.78, 5) is 14.2. The second-order valence-corrected chi connectivity index (χ2v) is 6.21. The maximum atomic E-state index is 11.8. The quantitative estimate of drug-likeness (QED) is 0.895. The van der Waals surface area contributed by atoms with Gasteiger partial charge in [-0.05, 0) is 63.9 Å². The van der Waals surface area contributed by atoms with Gasteiger partial charge in [-0.1, -0.05) is 6.07 Å². The molecule has 1 heterocycles. The standard InChI is InChI=1S/C17H27N3O/c1-12-7-8-14(17(21)18-3)10-16(12)19-13(2)15-6-5-9-20(4)11-15/h7-8,10,13,15,19H,5-6,9,11H2,1-4H3,(H,18,21). The van der Waals surface area contributed by atoms with E-state index in [1.165, 1.54) is 24.9 Å². The average molecular weight is 289 g/mol. The van der Waals surface area contributed by atoms with E-state index in [4.69, 9.17) is 0 Å². The number of amides is 1. The van der Waals surface area contributed by atoms with Crippen LogP contribution in [0, 0.1) is 12.8 Å². The largest absolute Gasteiger partial charge is 0.382 e. The highest BCUT2D eigenvalue weighted by Crippen LogP contribution is 2.24. The minimum atomic E-state index is -0.0388. The molecule has 1 aromatic rings. The molecule has 1 aromatic carbocycles. The van der Waals surface area contributed by atoms with Crippen molar-refractivity contribution in [1.82, 2.24) is 10.2 Å². The van der Waals surface area contributed by atoms with E-state index >= 15 is 0 Å². The summed E-state index contributed by atoms with van der Waals surface area (Å²) in [7, 11) is 3.85. The lowest BCUT2D eigenvalue weighted by atomic mass is 9.91. The fourth-order valence-corrected chi connectivity index (χ4v) is 3.04. The Labute approximate surface area is 127 Å². The fourth-order valence-electron chi connectivity index (χ4n) is 3.04. The highest BCUT2D eigenvalue weighted by molar-refractivity contribution is 5.95. The SMILES string of the molecule is CNC(=O)c1ccc(C)c(NC(C)C2CCCN(C)C2)c1. The van der Waals surface area contributed by atoms with Gasteiger partial charge in [0, 0.05) is 30.9 Å². The van der Waals surface area contributed by atoms with Crippen LogP contribution in [0.4, 0.5) is 5.69 Å². The van der Waals surface area contributed by atoms with E-state index in [-0.39, 0.29) is 5.91 Å². The Morgan fingerprint density at radius 1 is 1.43 bits per heavy atom. The molecule has 0 saturated carbocycles. The minimum Gasteiger partial charge on any atom is -0.382 e. The summed E-state index contributed by atoms with van der Waals surface area (Å²) in [6.45, 7) is 6.67. The van der Waals surface area contributed by atoms with Crippen molar-refractivity contribution in [3.63, 3.8) is 0 Å². The lowest BCUT2D eigenvalue weighted by molar-refractivity contribution is 0.0963. The van der Waals surface area contributed by atoms with Gasteiger partial charge in [0.2, 0.25) is 0 Å². The lowest BCUT2D eigenvalue weighted by Gasteiger charge is -2.34. The summed E-state index contributed by atoms with van der Waals surface area (Å²) in [5.74, 6) is 0.620. The number of nitrogens with one attached hydrogen (secondary N) is 2. The summed E-state index contributed by atoms with van der Waals surface area (Å²) in [6, 6.07) is 6.24. The van der Waals surface area contributed by atoms with Crippen LogP contribution in [0.5, 0.6) is 0 Å². The molecular formula is C17H27N3O. The second kappa shape index (κ2) is 6.94. The van der Waals surface area contributed by atoms with E-state index in [2.05, 4.69) is 36.4 Å². The summed E-state index contributed by atoms with van der Waals surface area (Å²) >= 11 is 0. The fraction of sp³-hybridized carbons (Fsp3) is 0.588. The first kappa shape index (κ1) is 15.8. The third-order valence-corrected chi connectivity index (χ3v) is 4.48. The van der Waals surface area contributed by atoms with Gasteiger partial charge in [-0.3, -0.25) is 4.79 Å². The van der Waals surface area contributed by atoms with Gasteiger partial charge in [0.25, 0.3) is 5.91 Å². The zero-order chi connectivity index (χ0) is 15.4. The van der Waals surface area contributed by atoms with E-state index in [0.29, 0.717) is 17.5 Å². The van der Waals surface area contributed by atoms with Gasteiger partial charge >= 0.3 is 0 Å². The van der Waals surface area contributed by atoms with Crippen LogP contribution in [-0.2, 0) is 0 Å². The Morgan fingerprint density at radius 2 is 2.19 bits per heavy atom. The Hall–Kier alpha value is -1.55. The summed E-state index contributed by atoms with van der Waals surface area (Å²) in [5.41, 5.74) is 2.95. The van der Waals surface area contributed by atoms with Crippen LogP contribution < -0.4 is 10.6 Å². The van der Waals surface area contributed by atoms with Crippen LogP contribution in [0.15, 0.2) is 18.2 Å². The van der Waals surface area contributed by atoms with E-state index < -0.39 is 0 Å². The molecule has 0 bridgehead atoms. The second-order valence-electron chi connectivity index (χ2n) is 6.21. The Morgan fingerprint density at radius 3 is 2.86 bits per heavy atom. The van der Waals surface area contributed by atoms with E-state index in [1.807, 2.05) is 18.2 Å². The molecule has 116 valence electrons. The van der Waals surface area contributed by atoms with Crippen LogP contribution in [0.3, 0.4) is 0 Å². The Balaban J connectivity index is 2.09. The van der Waals surface area contributed by atoms with Gasteiger partial charge in [0.15, 0.2) is 0 Å². The van der Waals surface area contributed by atoms with Gasteiger partial charge in [-0.15, -0.1) is 0 Å². The Bertz CT molecular complexity index is 501. The molecule has 1 aliphatic rings. The minimum absolute atomic E-state index is 0.0388. The molecule has 2 rings (SSSR count). The molecule has 2 unspecified atom stereocenters. The van der Waals surface area contributed by atoms with Crippen molar-refractivity contribution in [2.24, 2.45) is 5.92 Å². The molecule has 1 saturated heterocycles. The number of nitrogens with zero attached hydrogens (tertiary/aromatic N) is 1. The van der Waals surface area contributed by atoms with Gasteiger partial charge < -0.3 is 15.5 Å². The topological polar surface area (TPSA) is 44.4 Å². The van der Waals surface area contributed by atoms with E-state index in [0.717, 1.165) is 12.2 Å². The van der Waals surface area contributed by atoms with Gasteiger partial charge in [-0.2, -0.15) is 0 Å². The molecule has 0 aromatic heterocycles. The summed E-state index contributed by atoms with van der Waals surface area (Å²) in [5, 5.41) is 6.29. The number of carbonyl (C=O) groups is 1. The number of anilines is 1. The van der Waals surface area contributed by atoms with Crippen molar-refractivity contribution in [2.45, 2.75) is 32.7 Å². The number of carbonyl (C=O) groups excluding carboxylic acids is 1. The van der Waals surface area contributed by atoms with Crippen molar-refractivity contribution < 1.29 is 4.79 Å².